The lowest BCUT2D eigenvalue weighted by Gasteiger charge is -2.27. The average molecular weight is 347 g/mol. The molecule has 132 valence electrons. The second kappa shape index (κ2) is 6.72. The van der Waals surface area contributed by atoms with E-state index in [0.29, 0.717) is 5.56 Å². The predicted molar refractivity (Wildman–Crippen MR) is 99.3 cm³/mol. The Morgan fingerprint density at radius 3 is 2.73 bits per heavy atom. The molecule has 0 saturated carbocycles. The van der Waals surface area contributed by atoms with Gasteiger partial charge in [0.15, 0.2) is 0 Å². The quantitative estimate of drug-likeness (QED) is 0.786. The van der Waals surface area contributed by atoms with E-state index in [9.17, 15) is 4.79 Å². The highest BCUT2D eigenvalue weighted by Gasteiger charge is 2.17. The normalized spacial score (nSPS) is 14.2. The summed E-state index contributed by atoms with van der Waals surface area (Å²) in [5, 5.41) is 4.51. The smallest absolute Gasteiger partial charge is 0.248 e. The molecule has 0 atom stereocenters. The number of hydrogen-bond acceptors (Lipinski definition) is 4. The van der Waals surface area contributed by atoms with E-state index in [4.69, 9.17) is 5.73 Å². The molecule has 1 aromatic carbocycles. The summed E-state index contributed by atoms with van der Waals surface area (Å²) in [5.41, 5.74) is 11.2. The Bertz CT molecular complexity index is 945. The molecule has 2 aromatic heterocycles. The number of fused-ring (bicyclic) bond motifs is 1. The molecule has 3 aromatic rings. The van der Waals surface area contributed by atoms with E-state index in [0.717, 1.165) is 43.1 Å². The molecule has 1 amide bonds. The van der Waals surface area contributed by atoms with Gasteiger partial charge in [0.05, 0.1) is 23.6 Å². The van der Waals surface area contributed by atoms with Crippen molar-refractivity contribution in [1.29, 1.82) is 0 Å². The maximum atomic E-state index is 11.3. The molecule has 0 unspecified atom stereocenters. The maximum Gasteiger partial charge on any atom is 0.248 e. The third-order valence-electron chi connectivity index (χ3n) is 4.70. The second-order valence-electron chi connectivity index (χ2n) is 6.70. The third-order valence-corrected chi connectivity index (χ3v) is 4.70. The van der Waals surface area contributed by atoms with Crippen LogP contribution in [0.2, 0.25) is 0 Å². The summed E-state index contributed by atoms with van der Waals surface area (Å²) in [6.07, 6.45) is 1.61. The van der Waals surface area contributed by atoms with Gasteiger partial charge in [-0.2, -0.15) is 5.10 Å². The van der Waals surface area contributed by atoms with Crippen molar-refractivity contribution in [3.63, 3.8) is 0 Å². The van der Waals surface area contributed by atoms with E-state index in [-0.39, 0.29) is 0 Å². The summed E-state index contributed by atoms with van der Waals surface area (Å²) in [7, 11) is 0. The lowest BCUT2D eigenvalue weighted by Crippen LogP contribution is -2.33. The number of pyridine rings is 1. The van der Waals surface area contributed by atoms with E-state index < -0.39 is 5.91 Å². The molecule has 26 heavy (non-hydrogen) atoms. The van der Waals surface area contributed by atoms with Gasteiger partial charge in [0.2, 0.25) is 5.91 Å². The van der Waals surface area contributed by atoms with Gasteiger partial charge in [0, 0.05) is 37.0 Å². The molecule has 6 heteroatoms. The van der Waals surface area contributed by atoms with Gasteiger partial charge in [-0.05, 0) is 30.7 Å². The molecule has 0 fully saturated rings. The van der Waals surface area contributed by atoms with Gasteiger partial charge in [0.1, 0.15) is 0 Å². The van der Waals surface area contributed by atoms with E-state index in [1.54, 1.807) is 18.3 Å². The van der Waals surface area contributed by atoms with Crippen LogP contribution in [0.3, 0.4) is 0 Å². The first-order chi connectivity index (χ1) is 12.6. The van der Waals surface area contributed by atoms with Crippen molar-refractivity contribution in [3.8, 4) is 11.3 Å². The van der Waals surface area contributed by atoms with Crippen molar-refractivity contribution in [1.82, 2.24) is 19.7 Å². The van der Waals surface area contributed by atoms with Gasteiger partial charge in [-0.25, -0.2) is 0 Å². The first kappa shape index (κ1) is 16.5. The summed E-state index contributed by atoms with van der Waals surface area (Å²) in [6, 6.07) is 13.8. The number of benzene rings is 1. The third kappa shape index (κ3) is 3.36. The fourth-order valence-electron chi connectivity index (χ4n) is 3.38. The van der Waals surface area contributed by atoms with Gasteiger partial charge < -0.3 is 5.73 Å². The van der Waals surface area contributed by atoms with Crippen molar-refractivity contribution in [2.45, 2.75) is 26.6 Å². The topological polar surface area (TPSA) is 77.0 Å². The molecule has 1 aliphatic rings. The van der Waals surface area contributed by atoms with Crippen LogP contribution in [0.15, 0.2) is 48.7 Å². The maximum absolute atomic E-state index is 11.3. The van der Waals surface area contributed by atoms with Crippen LogP contribution >= 0.6 is 0 Å². The number of hydrogen-bond donors (Lipinski definition) is 1. The number of nitrogens with zero attached hydrogens (tertiary/aromatic N) is 4. The first-order valence-electron chi connectivity index (χ1n) is 8.69. The number of rotatable bonds is 4. The van der Waals surface area contributed by atoms with Crippen LogP contribution in [0.1, 0.15) is 27.3 Å². The fourth-order valence-corrected chi connectivity index (χ4v) is 3.38. The van der Waals surface area contributed by atoms with E-state index in [1.165, 1.54) is 11.3 Å². The van der Waals surface area contributed by atoms with Gasteiger partial charge in [-0.3, -0.25) is 19.4 Å². The first-order valence-corrected chi connectivity index (χ1v) is 8.69. The minimum Gasteiger partial charge on any atom is -0.366 e. The van der Waals surface area contributed by atoms with Gasteiger partial charge >= 0.3 is 0 Å². The van der Waals surface area contributed by atoms with Crippen LogP contribution in [-0.2, 0) is 19.6 Å². The van der Waals surface area contributed by atoms with E-state index >= 15 is 0 Å². The highest BCUT2D eigenvalue weighted by atomic mass is 16.1. The lowest BCUT2D eigenvalue weighted by molar-refractivity contribution is 0.1000. The number of aryl methyl sites for hydroxylation is 1. The Morgan fingerprint density at radius 2 is 1.96 bits per heavy atom. The van der Waals surface area contributed by atoms with Crippen molar-refractivity contribution >= 4 is 5.91 Å². The number of primary amides is 1. The van der Waals surface area contributed by atoms with Crippen LogP contribution in [0, 0.1) is 6.92 Å². The highest BCUT2D eigenvalue weighted by Crippen LogP contribution is 2.21. The standard InChI is InChI=1S/C20H21N5O/c1-14-10-18-13-24(8-9-25(18)23-14)12-15-2-4-16(5-3-15)19-11-17(20(21)26)6-7-22-19/h2-7,10-11H,8-9,12-13H2,1H3,(H2,21,26). The number of carbonyl (C=O) groups excluding carboxylic acids is 1. The minimum absolute atomic E-state index is 0.440. The highest BCUT2D eigenvalue weighted by molar-refractivity contribution is 5.93. The monoisotopic (exact) mass is 347 g/mol. The molecule has 0 radical (unpaired) electrons. The molecular formula is C20H21N5O. The summed E-state index contributed by atoms with van der Waals surface area (Å²) in [5.74, 6) is -0.440. The minimum atomic E-state index is -0.440. The Kier molecular flexibility index (Phi) is 4.26. The Hall–Kier alpha value is -2.99. The summed E-state index contributed by atoms with van der Waals surface area (Å²) in [4.78, 5) is 18.1. The van der Waals surface area contributed by atoms with Crippen LogP contribution in [0.5, 0.6) is 0 Å². The van der Waals surface area contributed by atoms with E-state index in [1.807, 2.05) is 19.1 Å². The zero-order valence-electron chi connectivity index (χ0n) is 14.7. The Balaban J connectivity index is 1.47. The van der Waals surface area contributed by atoms with Gasteiger partial charge in [0.25, 0.3) is 0 Å². The van der Waals surface area contributed by atoms with Crippen molar-refractivity contribution in [3.05, 3.63) is 71.2 Å². The molecule has 0 aliphatic carbocycles. The molecule has 6 nitrogen and oxygen atoms in total. The van der Waals surface area contributed by atoms with Crippen LogP contribution < -0.4 is 5.73 Å². The molecule has 1 aliphatic heterocycles. The Morgan fingerprint density at radius 1 is 1.15 bits per heavy atom. The average Bonchev–Trinajstić information content (AvgIpc) is 3.02. The van der Waals surface area contributed by atoms with Crippen molar-refractivity contribution in [2.75, 3.05) is 6.54 Å². The second-order valence-corrected chi connectivity index (χ2v) is 6.70. The molecule has 3 heterocycles. The largest absolute Gasteiger partial charge is 0.366 e. The number of aromatic nitrogens is 3. The summed E-state index contributed by atoms with van der Waals surface area (Å²) >= 11 is 0. The lowest BCUT2D eigenvalue weighted by atomic mass is 10.1. The van der Waals surface area contributed by atoms with Gasteiger partial charge in [-0.15, -0.1) is 0 Å². The van der Waals surface area contributed by atoms with Gasteiger partial charge in [-0.1, -0.05) is 24.3 Å². The number of carbonyl (C=O) groups is 1. The van der Waals surface area contributed by atoms with Crippen LogP contribution in [0.4, 0.5) is 0 Å². The molecular weight excluding hydrogens is 326 g/mol. The molecule has 2 N–H and O–H groups in total. The molecule has 0 spiro atoms. The zero-order valence-corrected chi connectivity index (χ0v) is 14.7. The number of nitrogens with two attached hydrogens (primary N) is 1. The molecule has 4 rings (SSSR count). The van der Waals surface area contributed by atoms with Crippen LogP contribution in [-0.4, -0.2) is 32.1 Å². The zero-order chi connectivity index (χ0) is 18.1. The number of amides is 1. The van der Waals surface area contributed by atoms with Crippen molar-refractivity contribution < 1.29 is 4.79 Å². The Labute approximate surface area is 152 Å². The van der Waals surface area contributed by atoms with Crippen molar-refractivity contribution in [2.24, 2.45) is 5.73 Å². The fraction of sp³-hybridized carbons (Fsp3) is 0.250. The summed E-state index contributed by atoms with van der Waals surface area (Å²) in [6.45, 7) is 5.79. The predicted octanol–water partition coefficient (Wildman–Crippen LogP) is 2.37. The molecule has 0 bridgehead atoms. The van der Waals surface area contributed by atoms with Crippen LogP contribution in [0.25, 0.3) is 11.3 Å². The SMILES string of the molecule is Cc1cc2n(n1)CCN(Cc1ccc(-c3cc(C(N)=O)ccn3)cc1)C2. The summed E-state index contributed by atoms with van der Waals surface area (Å²) < 4.78 is 2.10. The molecule has 0 saturated heterocycles. The van der Waals surface area contributed by atoms with E-state index in [2.05, 4.69) is 37.9 Å².